The summed E-state index contributed by atoms with van der Waals surface area (Å²) in [5.74, 6) is 0.443. The van der Waals surface area contributed by atoms with Gasteiger partial charge in [0.2, 0.25) is 0 Å². The first kappa shape index (κ1) is 14.1. The largest absolute Gasteiger partial charge is 0.397 e. The van der Waals surface area contributed by atoms with Gasteiger partial charge in [-0.1, -0.05) is 31.2 Å². The number of nitrogen functional groups attached to an aromatic ring is 1. The molecule has 0 saturated heterocycles. The summed E-state index contributed by atoms with van der Waals surface area (Å²) in [6.45, 7) is 2.90. The maximum Gasteiger partial charge on any atom is 0.178 e. The first-order chi connectivity index (χ1) is 10.2. The molecule has 21 heavy (non-hydrogen) atoms. The van der Waals surface area contributed by atoms with Crippen molar-refractivity contribution in [2.24, 2.45) is 5.92 Å². The molecular formula is C17H20N2OS. The number of anilines is 2. The quantitative estimate of drug-likeness (QED) is 0.790. The number of benzene rings is 1. The first-order valence-electron chi connectivity index (χ1n) is 7.42. The summed E-state index contributed by atoms with van der Waals surface area (Å²) >= 11 is 1.48. The van der Waals surface area contributed by atoms with Crippen LogP contribution in [0.4, 0.5) is 10.7 Å². The molecule has 4 heteroatoms. The number of rotatable bonds is 6. The first-order valence-corrected chi connectivity index (χ1v) is 8.24. The highest BCUT2D eigenvalue weighted by atomic mass is 32.1. The van der Waals surface area contributed by atoms with E-state index in [9.17, 15) is 4.79 Å². The van der Waals surface area contributed by atoms with Gasteiger partial charge in [-0.2, -0.15) is 0 Å². The minimum absolute atomic E-state index is 0.220. The standard InChI is InChI=1S/C17H20N2OS/c1-2-11-3-5-12(6-4-11)10-19-15-9-14(18)17(21-15)16(20)13-7-8-13/h3-6,9,13,19H,2,7-8,10,18H2,1H3. The number of Topliss-reactive ketones (excluding diaryl/α,β-unsaturated/α-hetero) is 1. The zero-order valence-electron chi connectivity index (χ0n) is 12.2. The van der Waals surface area contributed by atoms with Crippen molar-refractivity contribution >= 4 is 27.8 Å². The van der Waals surface area contributed by atoms with E-state index >= 15 is 0 Å². The zero-order chi connectivity index (χ0) is 14.8. The van der Waals surface area contributed by atoms with E-state index in [2.05, 4.69) is 36.5 Å². The molecule has 2 aromatic rings. The lowest BCUT2D eigenvalue weighted by Crippen LogP contribution is -2.01. The minimum atomic E-state index is 0.220. The third-order valence-corrected chi connectivity index (χ3v) is 4.95. The average molecular weight is 300 g/mol. The SMILES string of the molecule is CCc1ccc(CNc2cc(N)c(C(=O)C3CC3)s2)cc1. The highest BCUT2D eigenvalue weighted by Gasteiger charge is 2.32. The second-order valence-electron chi connectivity index (χ2n) is 5.56. The van der Waals surface area contributed by atoms with Crippen LogP contribution in [-0.2, 0) is 13.0 Å². The molecule has 1 aromatic carbocycles. The van der Waals surface area contributed by atoms with Crippen molar-refractivity contribution in [1.29, 1.82) is 0 Å². The Morgan fingerprint density at radius 1 is 1.29 bits per heavy atom. The predicted molar refractivity (Wildman–Crippen MR) is 88.9 cm³/mol. The molecular weight excluding hydrogens is 280 g/mol. The van der Waals surface area contributed by atoms with Gasteiger partial charge in [0, 0.05) is 12.5 Å². The molecule has 0 atom stereocenters. The summed E-state index contributed by atoms with van der Waals surface area (Å²) < 4.78 is 0. The van der Waals surface area contributed by atoms with Crippen molar-refractivity contribution in [1.82, 2.24) is 0 Å². The van der Waals surface area contributed by atoms with Gasteiger partial charge in [-0.15, -0.1) is 11.3 Å². The number of hydrogen-bond acceptors (Lipinski definition) is 4. The number of carbonyl (C=O) groups excluding carboxylic acids is 1. The third kappa shape index (κ3) is 3.27. The number of nitrogens with one attached hydrogen (secondary N) is 1. The Morgan fingerprint density at radius 2 is 1.95 bits per heavy atom. The van der Waals surface area contributed by atoms with E-state index in [0.29, 0.717) is 5.69 Å². The van der Waals surface area contributed by atoms with Crippen LogP contribution in [-0.4, -0.2) is 5.78 Å². The number of thiophene rings is 1. The van der Waals surface area contributed by atoms with Crippen LogP contribution in [0.1, 0.15) is 40.6 Å². The zero-order valence-corrected chi connectivity index (χ0v) is 13.0. The van der Waals surface area contributed by atoms with Crippen LogP contribution in [0.25, 0.3) is 0 Å². The van der Waals surface area contributed by atoms with Crippen LogP contribution < -0.4 is 11.1 Å². The summed E-state index contributed by atoms with van der Waals surface area (Å²) in [4.78, 5) is 12.8. The Bertz CT molecular complexity index is 641. The summed E-state index contributed by atoms with van der Waals surface area (Å²) in [6, 6.07) is 10.5. The molecule has 1 saturated carbocycles. The van der Waals surface area contributed by atoms with Gasteiger partial charge in [0.25, 0.3) is 0 Å². The third-order valence-electron chi connectivity index (χ3n) is 3.83. The fraction of sp³-hybridized carbons (Fsp3) is 0.353. The molecule has 1 aromatic heterocycles. The van der Waals surface area contributed by atoms with E-state index in [4.69, 9.17) is 5.73 Å². The van der Waals surface area contributed by atoms with E-state index in [0.717, 1.165) is 35.7 Å². The Balaban J connectivity index is 1.64. The Labute approximate surface area is 129 Å². The summed E-state index contributed by atoms with van der Waals surface area (Å²) in [6.07, 6.45) is 3.09. The van der Waals surface area contributed by atoms with Gasteiger partial charge < -0.3 is 11.1 Å². The van der Waals surface area contributed by atoms with E-state index in [1.165, 1.54) is 22.5 Å². The van der Waals surface area contributed by atoms with Gasteiger partial charge in [0.15, 0.2) is 5.78 Å². The molecule has 0 unspecified atom stereocenters. The molecule has 0 amide bonds. The number of nitrogens with two attached hydrogens (primary N) is 1. The van der Waals surface area contributed by atoms with E-state index in [-0.39, 0.29) is 11.7 Å². The molecule has 1 heterocycles. The van der Waals surface area contributed by atoms with Crippen molar-refractivity contribution in [3.8, 4) is 0 Å². The molecule has 1 aliphatic carbocycles. The van der Waals surface area contributed by atoms with Gasteiger partial charge in [0.05, 0.1) is 15.6 Å². The molecule has 0 bridgehead atoms. The number of carbonyl (C=O) groups is 1. The Kier molecular flexibility index (Phi) is 3.97. The van der Waals surface area contributed by atoms with Gasteiger partial charge >= 0.3 is 0 Å². The van der Waals surface area contributed by atoms with Gasteiger partial charge in [-0.3, -0.25) is 4.79 Å². The van der Waals surface area contributed by atoms with E-state index in [1.54, 1.807) is 0 Å². The molecule has 110 valence electrons. The monoisotopic (exact) mass is 300 g/mol. The second-order valence-corrected chi connectivity index (χ2v) is 6.61. The smallest absolute Gasteiger partial charge is 0.178 e. The fourth-order valence-electron chi connectivity index (χ4n) is 2.30. The fourth-order valence-corrected chi connectivity index (χ4v) is 3.29. The molecule has 3 N–H and O–H groups in total. The lowest BCUT2D eigenvalue weighted by atomic mass is 10.1. The highest BCUT2D eigenvalue weighted by Crippen LogP contribution is 2.38. The molecule has 1 aliphatic rings. The predicted octanol–water partition coefficient (Wildman–Crippen LogP) is 4.10. The van der Waals surface area contributed by atoms with Crippen LogP contribution in [0.5, 0.6) is 0 Å². The lowest BCUT2D eigenvalue weighted by Gasteiger charge is -2.04. The van der Waals surface area contributed by atoms with Gasteiger partial charge in [-0.05, 0) is 36.5 Å². The van der Waals surface area contributed by atoms with Crippen LogP contribution in [0.15, 0.2) is 30.3 Å². The van der Waals surface area contributed by atoms with Crippen molar-refractivity contribution in [3.63, 3.8) is 0 Å². The molecule has 0 aliphatic heterocycles. The van der Waals surface area contributed by atoms with Crippen molar-refractivity contribution in [2.75, 3.05) is 11.1 Å². The van der Waals surface area contributed by atoms with E-state index < -0.39 is 0 Å². The Hall–Kier alpha value is -1.81. The lowest BCUT2D eigenvalue weighted by molar-refractivity contribution is 0.0972. The van der Waals surface area contributed by atoms with Crippen LogP contribution in [0.2, 0.25) is 0 Å². The van der Waals surface area contributed by atoms with E-state index in [1.807, 2.05) is 6.07 Å². The van der Waals surface area contributed by atoms with Gasteiger partial charge in [-0.25, -0.2) is 0 Å². The summed E-state index contributed by atoms with van der Waals surface area (Å²) in [5, 5.41) is 4.33. The Morgan fingerprint density at radius 3 is 2.57 bits per heavy atom. The minimum Gasteiger partial charge on any atom is -0.397 e. The van der Waals surface area contributed by atoms with Crippen LogP contribution in [0, 0.1) is 5.92 Å². The molecule has 0 radical (unpaired) electrons. The van der Waals surface area contributed by atoms with Crippen molar-refractivity contribution in [2.45, 2.75) is 32.7 Å². The molecule has 0 spiro atoms. The van der Waals surface area contributed by atoms with Crippen LogP contribution in [0.3, 0.4) is 0 Å². The second kappa shape index (κ2) is 5.90. The molecule has 3 rings (SSSR count). The maximum atomic E-state index is 12.1. The summed E-state index contributed by atoms with van der Waals surface area (Å²) in [7, 11) is 0. The van der Waals surface area contributed by atoms with Crippen LogP contribution >= 0.6 is 11.3 Å². The van der Waals surface area contributed by atoms with Crippen molar-refractivity contribution in [3.05, 3.63) is 46.3 Å². The van der Waals surface area contributed by atoms with Crippen molar-refractivity contribution < 1.29 is 4.79 Å². The number of aryl methyl sites for hydroxylation is 1. The number of ketones is 1. The maximum absolute atomic E-state index is 12.1. The molecule has 1 fully saturated rings. The molecule has 3 nitrogen and oxygen atoms in total. The topological polar surface area (TPSA) is 55.1 Å². The summed E-state index contributed by atoms with van der Waals surface area (Å²) in [5.41, 5.74) is 9.15. The number of hydrogen-bond donors (Lipinski definition) is 2. The van der Waals surface area contributed by atoms with Gasteiger partial charge in [0.1, 0.15) is 0 Å². The normalized spacial score (nSPS) is 14.1. The highest BCUT2D eigenvalue weighted by molar-refractivity contribution is 7.18. The average Bonchev–Trinajstić information content (AvgIpc) is 3.28.